The number of nitrogens with zero attached hydrogens (tertiary/aromatic N) is 3. The molecule has 1 saturated carbocycles. The molecule has 1 aromatic carbocycles. The van der Waals surface area contributed by atoms with Crippen molar-refractivity contribution in [3.8, 4) is 0 Å². The molecule has 5 nitrogen and oxygen atoms in total. The van der Waals surface area contributed by atoms with Crippen molar-refractivity contribution < 1.29 is 9.59 Å². The Morgan fingerprint density at radius 2 is 1.82 bits per heavy atom. The van der Waals surface area contributed by atoms with Gasteiger partial charge in [-0.1, -0.05) is 18.2 Å². The van der Waals surface area contributed by atoms with Crippen LogP contribution in [0, 0.1) is 5.92 Å². The van der Waals surface area contributed by atoms with Crippen LogP contribution < -0.4 is 4.90 Å². The molecule has 1 aliphatic carbocycles. The Kier molecular flexibility index (Phi) is 2.85. The lowest BCUT2D eigenvalue weighted by Crippen LogP contribution is -2.48. The molecule has 0 unspecified atom stereocenters. The van der Waals surface area contributed by atoms with Gasteiger partial charge in [0.15, 0.2) is 0 Å². The summed E-state index contributed by atoms with van der Waals surface area (Å²) in [5.74, 6) is 0.0715. The van der Waals surface area contributed by atoms with Crippen molar-refractivity contribution in [3.63, 3.8) is 0 Å². The van der Waals surface area contributed by atoms with Crippen LogP contribution >= 0.6 is 0 Å². The summed E-state index contributed by atoms with van der Waals surface area (Å²) in [5.41, 5.74) is 1.42. The molecule has 1 saturated heterocycles. The normalized spacial score (nSPS) is 30.8. The molecule has 2 heterocycles. The third-order valence-electron chi connectivity index (χ3n) is 5.51. The molecule has 1 aromatic rings. The quantitative estimate of drug-likeness (QED) is 0.766. The van der Waals surface area contributed by atoms with Gasteiger partial charge in [-0.2, -0.15) is 0 Å². The number of rotatable bonds is 1. The number of piperazine rings is 1. The molecule has 0 N–H and O–H groups in total. The van der Waals surface area contributed by atoms with Crippen molar-refractivity contribution >= 4 is 17.5 Å². The van der Waals surface area contributed by atoms with Crippen molar-refractivity contribution in [2.75, 3.05) is 45.2 Å². The maximum Gasteiger partial charge on any atom is 0.238 e. The van der Waals surface area contributed by atoms with Gasteiger partial charge >= 0.3 is 0 Å². The fraction of sp³-hybridized carbons (Fsp3) is 0.529. The average molecular weight is 299 g/mol. The Morgan fingerprint density at radius 3 is 2.55 bits per heavy atom. The summed E-state index contributed by atoms with van der Waals surface area (Å²) < 4.78 is 0. The van der Waals surface area contributed by atoms with Crippen LogP contribution in [0.2, 0.25) is 0 Å². The zero-order valence-corrected chi connectivity index (χ0v) is 13.1. The number of benzene rings is 1. The van der Waals surface area contributed by atoms with Crippen LogP contribution in [-0.2, 0) is 15.0 Å². The van der Waals surface area contributed by atoms with E-state index in [4.69, 9.17) is 0 Å². The highest BCUT2D eigenvalue weighted by molar-refractivity contribution is 6.13. The van der Waals surface area contributed by atoms with Gasteiger partial charge in [0, 0.05) is 38.9 Å². The standard InChI is InChI=1S/C17H21N3O2/c1-18-7-9-20(10-8-18)15(21)13-11-17(13)12-5-3-4-6-14(12)19(2)16(17)22/h3-6,13H,7-11H2,1-2H3/t13-,17+/m1/s1. The Morgan fingerprint density at radius 1 is 1.14 bits per heavy atom. The predicted molar refractivity (Wildman–Crippen MR) is 83.7 cm³/mol. The molecule has 116 valence electrons. The molecule has 0 radical (unpaired) electrons. The van der Waals surface area contributed by atoms with Crippen molar-refractivity contribution in [2.45, 2.75) is 11.8 Å². The largest absolute Gasteiger partial charge is 0.340 e. The fourth-order valence-electron chi connectivity index (χ4n) is 4.01. The van der Waals surface area contributed by atoms with Gasteiger partial charge in [-0.3, -0.25) is 9.59 Å². The van der Waals surface area contributed by atoms with E-state index in [1.54, 1.807) is 4.90 Å². The first-order chi connectivity index (χ1) is 10.6. The zero-order chi connectivity index (χ0) is 15.5. The van der Waals surface area contributed by atoms with Gasteiger partial charge in [0.1, 0.15) is 0 Å². The highest BCUT2D eigenvalue weighted by atomic mass is 16.2. The number of hydrogen-bond donors (Lipinski definition) is 0. The maximum absolute atomic E-state index is 12.8. The van der Waals surface area contributed by atoms with E-state index in [2.05, 4.69) is 11.9 Å². The molecule has 22 heavy (non-hydrogen) atoms. The van der Waals surface area contributed by atoms with Gasteiger partial charge in [0.2, 0.25) is 11.8 Å². The van der Waals surface area contributed by atoms with Gasteiger partial charge < -0.3 is 14.7 Å². The summed E-state index contributed by atoms with van der Waals surface area (Å²) in [5, 5.41) is 0. The van der Waals surface area contributed by atoms with E-state index in [0.717, 1.165) is 37.4 Å². The first-order valence-corrected chi connectivity index (χ1v) is 7.90. The fourth-order valence-corrected chi connectivity index (χ4v) is 4.01. The Hall–Kier alpha value is -1.88. The SMILES string of the molecule is CN1CCN(C(=O)[C@H]2C[C@@]23C(=O)N(C)c2ccccc23)CC1. The molecule has 2 atom stereocenters. The molecule has 2 aliphatic heterocycles. The summed E-state index contributed by atoms with van der Waals surface area (Å²) in [6.07, 6.45) is 0.665. The highest BCUT2D eigenvalue weighted by Gasteiger charge is 2.69. The Labute approximate surface area is 130 Å². The zero-order valence-electron chi connectivity index (χ0n) is 13.1. The van der Waals surface area contributed by atoms with Crippen molar-refractivity contribution in [1.29, 1.82) is 0 Å². The first-order valence-electron chi connectivity index (χ1n) is 7.90. The summed E-state index contributed by atoms with van der Waals surface area (Å²) in [7, 11) is 3.89. The highest BCUT2D eigenvalue weighted by Crippen LogP contribution is 2.61. The molecule has 2 amide bonds. The van der Waals surface area contributed by atoms with Crippen molar-refractivity contribution in [1.82, 2.24) is 9.80 Å². The molecule has 3 aliphatic rings. The number of fused-ring (bicyclic) bond motifs is 2. The van der Waals surface area contributed by atoms with Crippen LogP contribution in [0.4, 0.5) is 5.69 Å². The topological polar surface area (TPSA) is 43.9 Å². The van der Waals surface area contributed by atoms with Gasteiger partial charge in [0.05, 0.1) is 11.3 Å². The second-order valence-corrected chi connectivity index (χ2v) is 6.74. The minimum absolute atomic E-state index is 0.0844. The molecule has 4 rings (SSSR count). The van der Waals surface area contributed by atoms with E-state index in [1.807, 2.05) is 36.2 Å². The van der Waals surface area contributed by atoms with Gasteiger partial charge in [0.25, 0.3) is 0 Å². The summed E-state index contributed by atoms with van der Waals surface area (Å²) in [4.78, 5) is 31.5. The number of amides is 2. The first kappa shape index (κ1) is 13.8. The molecule has 0 bridgehead atoms. The Bertz CT molecular complexity index is 651. The van der Waals surface area contributed by atoms with E-state index < -0.39 is 5.41 Å². The van der Waals surface area contributed by atoms with Gasteiger partial charge in [-0.05, 0) is 25.1 Å². The summed E-state index contributed by atoms with van der Waals surface area (Å²) >= 11 is 0. The van der Waals surface area contributed by atoms with Crippen LogP contribution in [0.1, 0.15) is 12.0 Å². The molecule has 5 heteroatoms. The number of hydrogen-bond acceptors (Lipinski definition) is 3. The van der Waals surface area contributed by atoms with Crippen LogP contribution in [0.25, 0.3) is 0 Å². The Balaban J connectivity index is 1.60. The molecule has 1 spiro atoms. The number of para-hydroxylation sites is 1. The van der Waals surface area contributed by atoms with E-state index in [-0.39, 0.29) is 17.7 Å². The van der Waals surface area contributed by atoms with Gasteiger partial charge in [-0.15, -0.1) is 0 Å². The summed E-state index contributed by atoms with van der Waals surface area (Å²) in [6, 6.07) is 7.88. The molecule has 2 fully saturated rings. The number of carbonyl (C=O) groups is 2. The monoisotopic (exact) mass is 299 g/mol. The predicted octanol–water partition coefficient (Wildman–Crippen LogP) is 0.695. The smallest absolute Gasteiger partial charge is 0.238 e. The summed E-state index contributed by atoms with van der Waals surface area (Å²) in [6.45, 7) is 3.37. The molecular weight excluding hydrogens is 278 g/mol. The van der Waals surface area contributed by atoms with E-state index in [0.29, 0.717) is 6.42 Å². The third kappa shape index (κ3) is 1.69. The lowest BCUT2D eigenvalue weighted by Gasteiger charge is -2.33. The molecular formula is C17H21N3O2. The number of carbonyl (C=O) groups excluding carboxylic acids is 2. The van der Waals surface area contributed by atoms with Crippen LogP contribution in [0.5, 0.6) is 0 Å². The minimum atomic E-state index is -0.578. The van der Waals surface area contributed by atoms with E-state index in [9.17, 15) is 9.59 Å². The van der Waals surface area contributed by atoms with Gasteiger partial charge in [-0.25, -0.2) is 0 Å². The number of anilines is 1. The lowest BCUT2D eigenvalue weighted by molar-refractivity contribution is -0.136. The third-order valence-corrected chi connectivity index (χ3v) is 5.51. The van der Waals surface area contributed by atoms with Crippen molar-refractivity contribution in [2.24, 2.45) is 5.92 Å². The van der Waals surface area contributed by atoms with E-state index in [1.165, 1.54) is 0 Å². The van der Waals surface area contributed by atoms with Crippen LogP contribution in [-0.4, -0.2) is 61.9 Å². The van der Waals surface area contributed by atoms with E-state index >= 15 is 0 Å². The van der Waals surface area contributed by atoms with Crippen LogP contribution in [0.15, 0.2) is 24.3 Å². The second-order valence-electron chi connectivity index (χ2n) is 6.74. The van der Waals surface area contributed by atoms with Crippen molar-refractivity contribution in [3.05, 3.63) is 29.8 Å². The maximum atomic E-state index is 12.8. The molecule has 0 aromatic heterocycles. The lowest BCUT2D eigenvalue weighted by atomic mass is 9.94. The average Bonchev–Trinajstić information content (AvgIpc) is 3.26. The minimum Gasteiger partial charge on any atom is -0.340 e. The second kappa shape index (κ2) is 4.56. The number of likely N-dealkylation sites (N-methyl/N-ethyl adjacent to an activating group) is 2. The van der Waals surface area contributed by atoms with Crippen LogP contribution in [0.3, 0.4) is 0 Å².